The topological polar surface area (TPSA) is 43.1 Å². The third-order valence-corrected chi connectivity index (χ3v) is 3.80. The number of rotatable bonds is 4. The predicted octanol–water partition coefficient (Wildman–Crippen LogP) is 3.93. The summed E-state index contributed by atoms with van der Waals surface area (Å²) in [6, 6.07) is 11.6. The van der Waals surface area contributed by atoms with E-state index in [9.17, 15) is 4.79 Å². The lowest BCUT2D eigenvalue weighted by molar-refractivity contribution is 0.103. The molecule has 0 atom stereocenters. The molecule has 0 amide bonds. The molecule has 0 saturated heterocycles. The van der Waals surface area contributed by atoms with Gasteiger partial charge in [0.25, 0.3) is 0 Å². The number of carbonyl (C=O) groups excluding carboxylic acids is 1. The van der Waals surface area contributed by atoms with Crippen LogP contribution in [0.4, 0.5) is 5.69 Å². The normalized spacial score (nSPS) is 10.6. The van der Waals surface area contributed by atoms with Crippen LogP contribution in [-0.4, -0.2) is 5.78 Å². The Morgan fingerprint density at radius 1 is 1.05 bits per heavy atom. The van der Waals surface area contributed by atoms with Crippen LogP contribution in [0.2, 0.25) is 0 Å². The minimum atomic E-state index is 0.00329. The van der Waals surface area contributed by atoms with Crippen LogP contribution in [0.25, 0.3) is 0 Å². The quantitative estimate of drug-likeness (QED) is 0.673. The Morgan fingerprint density at radius 2 is 1.75 bits per heavy atom. The van der Waals surface area contributed by atoms with Gasteiger partial charge < -0.3 is 5.73 Å². The fraction of sp³-hybridized carbons (Fsp3) is 0.278. The second kappa shape index (κ2) is 5.91. The van der Waals surface area contributed by atoms with Gasteiger partial charge in [0.15, 0.2) is 5.78 Å². The maximum atomic E-state index is 12.6. The van der Waals surface area contributed by atoms with Crippen molar-refractivity contribution in [1.82, 2.24) is 0 Å². The highest BCUT2D eigenvalue weighted by Crippen LogP contribution is 2.22. The van der Waals surface area contributed by atoms with Crippen molar-refractivity contribution in [3.63, 3.8) is 0 Å². The van der Waals surface area contributed by atoms with Gasteiger partial charge in [-0.1, -0.05) is 38.1 Å². The SMILES string of the molecule is CCc1ccc(C(=O)c2cccc(C)c2N)cc1CC. The van der Waals surface area contributed by atoms with Gasteiger partial charge in [0.1, 0.15) is 0 Å². The first-order chi connectivity index (χ1) is 9.58. The van der Waals surface area contributed by atoms with Crippen molar-refractivity contribution < 1.29 is 4.79 Å². The first-order valence-corrected chi connectivity index (χ1v) is 7.10. The van der Waals surface area contributed by atoms with Crippen molar-refractivity contribution in [2.75, 3.05) is 5.73 Å². The highest BCUT2D eigenvalue weighted by molar-refractivity contribution is 6.12. The lowest BCUT2D eigenvalue weighted by atomic mass is 9.94. The zero-order valence-electron chi connectivity index (χ0n) is 12.4. The molecule has 2 heteroatoms. The number of nitrogens with two attached hydrogens (primary N) is 1. The molecule has 0 saturated carbocycles. The van der Waals surface area contributed by atoms with Crippen molar-refractivity contribution in [2.24, 2.45) is 0 Å². The fourth-order valence-corrected chi connectivity index (χ4v) is 2.48. The highest BCUT2D eigenvalue weighted by Gasteiger charge is 2.14. The van der Waals surface area contributed by atoms with Gasteiger partial charge in [0.2, 0.25) is 0 Å². The van der Waals surface area contributed by atoms with Crippen LogP contribution in [0, 0.1) is 6.92 Å². The number of hydrogen-bond acceptors (Lipinski definition) is 2. The lowest BCUT2D eigenvalue weighted by Gasteiger charge is -2.10. The Kier molecular flexibility index (Phi) is 4.23. The minimum absolute atomic E-state index is 0.00329. The third kappa shape index (κ3) is 2.60. The third-order valence-electron chi connectivity index (χ3n) is 3.80. The maximum Gasteiger partial charge on any atom is 0.195 e. The summed E-state index contributed by atoms with van der Waals surface area (Å²) in [5.74, 6) is 0.00329. The molecule has 0 aliphatic rings. The Bertz CT molecular complexity index is 644. The molecule has 0 spiro atoms. The van der Waals surface area contributed by atoms with E-state index in [1.807, 2.05) is 31.2 Å². The Labute approximate surface area is 120 Å². The molecular formula is C18H21NO. The number of anilines is 1. The summed E-state index contributed by atoms with van der Waals surface area (Å²) < 4.78 is 0. The zero-order chi connectivity index (χ0) is 14.7. The van der Waals surface area contributed by atoms with E-state index in [2.05, 4.69) is 19.9 Å². The van der Waals surface area contributed by atoms with Crippen molar-refractivity contribution in [3.05, 3.63) is 64.2 Å². The minimum Gasteiger partial charge on any atom is -0.398 e. The van der Waals surface area contributed by atoms with Crippen LogP contribution in [0.15, 0.2) is 36.4 Å². The number of ketones is 1. The van der Waals surface area contributed by atoms with Gasteiger partial charge in [-0.15, -0.1) is 0 Å². The van der Waals surface area contributed by atoms with E-state index < -0.39 is 0 Å². The van der Waals surface area contributed by atoms with Crippen molar-refractivity contribution in [1.29, 1.82) is 0 Å². The van der Waals surface area contributed by atoms with Crippen molar-refractivity contribution >= 4 is 11.5 Å². The second-order valence-electron chi connectivity index (χ2n) is 5.06. The molecule has 0 aromatic heterocycles. The summed E-state index contributed by atoms with van der Waals surface area (Å²) in [5.41, 5.74) is 11.4. The van der Waals surface area contributed by atoms with Crippen LogP contribution in [0.5, 0.6) is 0 Å². The van der Waals surface area contributed by atoms with Gasteiger partial charge in [-0.2, -0.15) is 0 Å². The van der Waals surface area contributed by atoms with Gasteiger partial charge in [-0.05, 0) is 48.6 Å². The van der Waals surface area contributed by atoms with Crippen LogP contribution in [-0.2, 0) is 12.8 Å². The molecule has 2 aromatic rings. The standard InChI is InChI=1S/C18H21NO/c1-4-13-9-10-15(11-14(13)5-2)18(20)16-8-6-7-12(3)17(16)19/h6-11H,4-5,19H2,1-3H3. The predicted molar refractivity (Wildman–Crippen MR) is 84.2 cm³/mol. The Morgan fingerprint density at radius 3 is 2.40 bits per heavy atom. The van der Waals surface area contributed by atoms with Crippen molar-refractivity contribution in [2.45, 2.75) is 33.6 Å². The summed E-state index contributed by atoms with van der Waals surface area (Å²) in [6.45, 7) is 6.17. The molecule has 2 aromatic carbocycles. The molecule has 0 bridgehead atoms. The van der Waals surface area contributed by atoms with Crippen molar-refractivity contribution in [3.8, 4) is 0 Å². The van der Waals surface area contributed by atoms with E-state index in [1.54, 1.807) is 6.07 Å². The van der Waals surface area contributed by atoms with Crippen LogP contribution >= 0.6 is 0 Å². The molecule has 2 nitrogen and oxygen atoms in total. The Balaban J connectivity index is 2.46. The van der Waals surface area contributed by atoms with Crippen LogP contribution in [0.3, 0.4) is 0 Å². The number of benzene rings is 2. The molecule has 20 heavy (non-hydrogen) atoms. The molecule has 0 fully saturated rings. The number of nitrogen functional groups attached to an aromatic ring is 1. The van der Waals surface area contributed by atoms with Gasteiger partial charge >= 0.3 is 0 Å². The first-order valence-electron chi connectivity index (χ1n) is 7.10. The molecule has 2 N–H and O–H groups in total. The molecule has 2 rings (SSSR count). The molecule has 0 aliphatic heterocycles. The smallest absolute Gasteiger partial charge is 0.195 e. The molecule has 0 unspecified atom stereocenters. The number of para-hydroxylation sites is 1. The van der Waals surface area contributed by atoms with E-state index in [0.717, 1.165) is 24.0 Å². The van der Waals surface area contributed by atoms with E-state index in [0.29, 0.717) is 11.3 Å². The van der Waals surface area contributed by atoms with Crippen LogP contribution < -0.4 is 5.73 Å². The van der Waals surface area contributed by atoms with Gasteiger partial charge in [-0.25, -0.2) is 0 Å². The fourth-order valence-electron chi connectivity index (χ4n) is 2.48. The number of carbonyl (C=O) groups is 1. The largest absolute Gasteiger partial charge is 0.398 e. The summed E-state index contributed by atoms with van der Waals surface area (Å²) in [7, 11) is 0. The summed E-state index contributed by atoms with van der Waals surface area (Å²) in [4.78, 5) is 12.6. The summed E-state index contributed by atoms with van der Waals surface area (Å²) >= 11 is 0. The lowest BCUT2D eigenvalue weighted by Crippen LogP contribution is -2.07. The van der Waals surface area contributed by atoms with Gasteiger partial charge in [0.05, 0.1) is 0 Å². The first kappa shape index (κ1) is 14.3. The van der Waals surface area contributed by atoms with E-state index in [4.69, 9.17) is 5.73 Å². The van der Waals surface area contributed by atoms with Crippen LogP contribution in [0.1, 0.15) is 46.5 Å². The zero-order valence-corrected chi connectivity index (χ0v) is 12.4. The average molecular weight is 267 g/mol. The van der Waals surface area contributed by atoms with E-state index in [1.165, 1.54) is 11.1 Å². The maximum absolute atomic E-state index is 12.6. The van der Waals surface area contributed by atoms with Gasteiger partial charge in [-0.3, -0.25) is 4.79 Å². The summed E-state index contributed by atoms with van der Waals surface area (Å²) in [5, 5.41) is 0. The average Bonchev–Trinajstić information content (AvgIpc) is 2.48. The summed E-state index contributed by atoms with van der Waals surface area (Å²) in [6.07, 6.45) is 1.93. The highest BCUT2D eigenvalue weighted by atomic mass is 16.1. The number of aryl methyl sites for hydroxylation is 3. The van der Waals surface area contributed by atoms with Gasteiger partial charge in [0, 0.05) is 16.8 Å². The Hall–Kier alpha value is -2.09. The molecule has 104 valence electrons. The monoisotopic (exact) mass is 267 g/mol. The van der Waals surface area contributed by atoms with E-state index in [-0.39, 0.29) is 5.78 Å². The molecular weight excluding hydrogens is 246 g/mol. The molecule has 0 radical (unpaired) electrons. The second-order valence-corrected chi connectivity index (χ2v) is 5.06. The molecule has 0 aliphatic carbocycles. The number of hydrogen-bond donors (Lipinski definition) is 1. The van der Waals surface area contributed by atoms with E-state index >= 15 is 0 Å². The molecule has 0 heterocycles.